The number of nitrogens with one attached hydrogen (secondary N) is 1. The lowest BCUT2D eigenvalue weighted by atomic mass is 10.0. The van der Waals surface area contributed by atoms with Gasteiger partial charge in [-0.3, -0.25) is 9.59 Å². The van der Waals surface area contributed by atoms with Crippen molar-refractivity contribution >= 4 is 23.2 Å². The highest BCUT2D eigenvalue weighted by molar-refractivity contribution is 6.01. The molecule has 28 heavy (non-hydrogen) atoms. The molecule has 0 fully saturated rings. The maximum absolute atomic E-state index is 13.2. The maximum atomic E-state index is 13.2. The van der Waals surface area contributed by atoms with Crippen LogP contribution in [0.1, 0.15) is 39.2 Å². The number of nitrogens with zero attached hydrogens (tertiary/aromatic N) is 1. The van der Waals surface area contributed by atoms with Crippen LogP contribution in [0.3, 0.4) is 0 Å². The lowest BCUT2D eigenvalue weighted by molar-refractivity contribution is -0.125. The quantitative estimate of drug-likeness (QED) is 0.797. The molecule has 1 unspecified atom stereocenters. The number of anilines is 2. The van der Waals surface area contributed by atoms with Crippen LogP contribution in [0.5, 0.6) is 5.75 Å². The fourth-order valence-corrected chi connectivity index (χ4v) is 3.32. The highest BCUT2D eigenvalue weighted by Crippen LogP contribution is 2.37. The van der Waals surface area contributed by atoms with Crippen LogP contribution in [0.25, 0.3) is 0 Å². The summed E-state index contributed by atoms with van der Waals surface area (Å²) < 4.78 is 18.9. The first-order valence-electron chi connectivity index (χ1n) is 9.60. The van der Waals surface area contributed by atoms with Crippen molar-refractivity contribution in [1.29, 1.82) is 0 Å². The number of benzene rings is 2. The minimum absolute atomic E-state index is 0.0357. The molecule has 148 valence electrons. The molecule has 5 nitrogen and oxygen atoms in total. The van der Waals surface area contributed by atoms with E-state index >= 15 is 0 Å². The van der Waals surface area contributed by atoms with Crippen LogP contribution < -0.4 is 15.0 Å². The van der Waals surface area contributed by atoms with Gasteiger partial charge in [-0.15, -0.1) is 0 Å². The molecule has 0 saturated heterocycles. The summed E-state index contributed by atoms with van der Waals surface area (Å²) in [6, 6.07) is 11.3. The topological polar surface area (TPSA) is 58.6 Å². The van der Waals surface area contributed by atoms with Gasteiger partial charge in [-0.1, -0.05) is 26.0 Å². The van der Waals surface area contributed by atoms with Crippen molar-refractivity contribution in [3.05, 3.63) is 53.8 Å². The minimum Gasteiger partial charge on any atom is -0.479 e. The number of hydrogen-bond acceptors (Lipinski definition) is 3. The van der Waals surface area contributed by atoms with E-state index in [-0.39, 0.29) is 23.5 Å². The lowest BCUT2D eigenvalue weighted by Crippen LogP contribution is -2.44. The molecule has 1 atom stereocenters. The summed E-state index contributed by atoms with van der Waals surface area (Å²) in [4.78, 5) is 26.8. The van der Waals surface area contributed by atoms with Gasteiger partial charge in [0.1, 0.15) is 11.6 Å². The van der Waals surface area contributed by atoms with Crippen molar-refractivity contribution in [3.8, 4) is 5.75 Å². The fourth-order valence-electron chi connectivity index (χ4n) is 3.32. The van der Waals surface area contributed by atoms with Gasteiger partial charge < -0.3 is 15.0 Å². The van der Waals surface area contributed by atoms with E-state index in [0.717, 1.165) is 18.4 Å². The van der Waals surface area contributed by atoms with E-state index in [2.05, 4.69) is 5.32 Å². The Kier molecular flexibility index (Phi) is 5.97. The first-order chi connectivity index (χ1) is 13.4. The van der Waals surface area contributed by atoms with Crippen molar-refractivity contribution in [2.45, 2.75) is 46.3 Å². The first kappa shape index (κ1) is 19.9. The van der Waals surface area contributed by atoms with E-state index in [1.54, 1.807) is 42.2 Å². The average Bonchev–Trinajstić information content (AvgIpc) is 2.68. The molecule has 1 N–H and O–H groups in total. The van der Waals surface area contributed by atoms with Gasteiger partial charge in [-0.25, -0.2) is 4.39 Å². The molecule has 3 rings (SSSR count). The summed E-state index contributed by atoms with van der Waals surface area (Å²) in [5.41, 5.74) is 2.02. The van der Waals surface area contributed by atoms with E-state index in [4.69, 9.17) is 4.74 Å². The van der Waals surface area contributed by atoms with Gasteiger partial charge >= 0.3 is 0 Å². The third-order valence-corrected chi connectivity index (χ3v) is 5.05. The van der Waals surface area contributed by atoms with Crippen LogP contribution >= 0.6 is 0 Å². The number of rotatable bonds is 6. The SMILES string of the molecule is CCC(CC)C(=O)Nc1ccc2c(c1)N(Cc1ccc(F)cc1)C(=O)C(C)O2. The number of halogens is 1. The van der Waals surface area contributed by atoms with Crippen molar-refractivity contribution < 1.29 is 18.7 Å². The number of fused-ring (bicyclic) bond motifs is 1. The van der Waals surface area contributed by atoms with Crippen LogP contribution in [-0.2, 0) is 16.1 Å². The third-order valence-electron chi connectivity index (χ3n) is 5.05. The molecule has 1 aliphatic rings. The molecule has 1 aliphatic heterocycles. The minimum atomic E-state index is -0.613. The van der Waals surface area contributed by atoms with E-state index in [9.17, 15) is 14.0 Å². The smallest absolute Gasteiger partial charge is 0.268 e. The summed E-state index contributed by atoms with van der Waals surface area (Å²) in [7, 11) is 0. The zero-order valence-corrected chi connectivity index (χ0v) is 16.4. The number of ether oxygens (including phenoxy) is 1. The predicted octanol–water partition coefficient (Wildman–Crippen LogP) is 4.51. The number of carbonyl (C=O) groups excluding carboxylic acids is 2. The predicted molar refractivity (Wildman–Crippen MR) is 107 cm³/mol. The maximum Gasteiger partial charge on any atom is 0.268 e. The Morgan fingerprint density at radius 3 is 2.50 bits per heavy atom. The number of amides is 2. The molecule has 0 aromatic heterocycles. The molecule has 2 aromatic carbocycles. The van der Waals surface area contributed by atoms with Crippen LogP contribution in [-0.4, -0.2) is 17.9 Å². The monoisotopic (exact) mass is 384 g/mol. The zero-order chi connectivity index (χ0) is 20.3. The molecule has 0 spiro atoms. The van der Waals surface area contributed by atoms with Gasteiger partial charge in [0.05, 0.1) is 12.2 Å². The van der Waals surface area contributed by atoms with Crippen LogP contribution in [0, 0.1) is 11.7 Å². The van der Waals surface area contributed by atoms with Gasteiger partial charge in [0.25, 0.3) is 5.91 Å². The Bertz CT molecular complexity index is 863. The Morgan fingerprint density at radius 2 is 1.86 bits per heavy atom. The fraction of sp³-hybridized carbons (Fsp3) is 0.364. The molecule has 0 saturated carbocycles. The van der Waals surface area contributed by atoms with Crippen molar-refractivity contribution in [2.75, 3.05) is 10.2 Å². The van der Waals surface area contributed by atoms with Crippen molar-refractivity contribution in [2.24, 2.45) is 5.92 Å². The molecule has 0 radical (unpaired) electrons. The zero-order valence-electron chi connectivity index (χ0n) is 16.4. The van der Waals surface area contributed by atoms with Gasteiger partial charge in [-0.2, -0.15) is 0 Å². The summed E-state index contributed by atoms with van der Waals surface area (Å²) >= 11 is 0. The van der Waals surface area contributed by atoms with E-state index in [1.807, 2.05) is 13.8 Å². The Labute approximate surface area is 164 Å². The highest BCUT2D eigenvalue weighted by Gasteiger charge is 2.32. The lowest BCUT2D eigenvalue weighted by Gasteiger charge is -2.33. The summed E-state index contributed by atoms with van der Waals surface area (Å²) in [5.74, 6) is -0.0111. The van der Waals surface area contributed by atoms with Crippen LogP contribution in [0.4, 0.5) is 15.8 Å². The molecule has 2 aromatic rings. The molecule has 6 heteroatoms. The third kappa shape index (κ3) is 4.16. The van der Waals surface area contributed by atoms with Gasteiger partial charge in [0.2, 0.25) is 5.91 Å². The van der Waals surface area contributed by atoms with Crippen molar-refractivity contribution in [1.82, 2.24) is 0 Å². The highest BCUT2D eigenvalue weighted by atomic mass is 19.1. The summed E-state index contributed by atoms with van der Waals surface area (Å²) in [6.45, 7) is 5.97. The van der Waals surface area contributed by atoms with Crippen LogP contribution in [0.15, 0.2) is 42.5 Å². The van der Waals surface area contributed by atoms with Crippen molar-refractivity contribution in [3.63, 3.8) is 0 Å². The van der Waals surface area contributed by atoms with E-state index in [0.29, 0.717) is 23.7 Å². The summed E-state index contributed by atoms with van der Waals surface area (Å²) in [5, 5.41) is 2.93. The second-order valence-corrected chi connectivity index (χ2v) is 7.00. The Morgan fingerprint density at radius 1 is 1.18 bits per heavy atom. The Balaban J connectivity index is 1.89. The van der Waals surface area contributed by atoms with E-state index in [1.165, 1.54) is 12.1 Å². The van der Waals surface area contributed by atoms with Crippen LogP contribution in [0.2, 0.25) is 0 Å². The standard InChI is InChI=1S/C22H25FN2O3/c1-4-16(5-2)21(26)24-18-10-11-20-19(12-18)25(22(27)14(3)28-20)13-15-6-8-17(23)9-7-15/h6-12,14,16H,4-5,13H2,1-3H3,(H,24,26). The van der Waals surface area contributed by atoms with Gasteiger partial charge in [0.15, 0.2) is 6.10 Å². The molecule has 0 bridgehead atoms. The normalized spacial score (nSPS) is 16.0. The second kappa shape index (κ2) is 8.42. The second-order valence-electron chi connectivity index (χ2n) is 7.00. The molecule has 1 heterocycles. The molecule has 2 amide bonds. The Hall–Kier alpha value is -2.89. The summed E-state index contributed by atoms with van der Waals surface area (Å²) in [6.07, 6.45) is 0.921. The first-order valence-corrected chi connectivity index (χ1v) is 9.60. The van der Waals surface area contributed by atoms with E-state index < -0.39 is 6.10 Å². The number of hydrogen-bond donors (Lipinski definition) is 1. The largest absolute Gasteiger partial charge is 0.479 e. The molecular weight excluding hydrogens is 359 g/mol. The average molecular weight is 384 g/mol. The molecule has 0 aliphatic carbocycles. The van der Waals surface area contributed by atoms with Gasteiger partial charge in [0, 0.05) is 11.6 Å². The van der Waals surface area contributed by atoms with Gasteiger partial charge in [-0.05, 0) is 55.7 Å². The molecular formula is C22H25FN2O3. The number of carbonyl (C=O) groups is 2.